The number of aromatic amines is 1. The molecule has 1 saturated carbocycles. The first-order valence-electron chi connectivity index (χ1n) is 5.86. The monoisotopic (exact) mass is 232 g/mol. The molecule has 2 heterocycles. The lowest BCUT2D eigenvalue weighted by Crippen LogP contribution is -2.22. The van der Waals surface area contributed by atoms with Crippen LogP contribution in [0.3, 0.4) is 0 Å². The van der Waals surface area contributed by atoms with Gasteiger partial charge in [0, 0.05) is 11.7 Å². The summed E-state index contributed by atoms with van der Waals surface area (Å²) in [7, 11) is 1.58. The van der Waals surface area contributed by atoms with Gasteiger partial charge in [0.2, 0.25) is 0 Å². The SMILES string of the molecule is COc1ncc2[nH]cc(CCC3(N)CC3)c2n1. The van der Waals surface area contributed by atoms with Crippen LogP contribution >= 0.6 is 0 Å². The quantitative estimate of drug-likeness (QED) is 0.835. The van der Waals surface area contributed by atoms with Crippen LogP contribution in [0.1, 0.15) is 24.8 Å². The van der Waals surface area contributed by atoms with Crippen molar-refractivity contribution >= 4 is 11.0 Å². The minimum absolute atomic E-state index is 0.0840. The second-order valence-corrected chi connectivity index (χ2v) is 4.80. The molecule has 0 radical (unpaired) electrons. The molecular weight excluding hydrogens is 216 g/mol. The van der Waals surface area contributed by atoms with Gasteiger partial charge in [0.05, 0.1) is 24.3 Å². The molecule has 3 N–H and O–H groups in total. The number of hydrogen-bond donors (Lipinski definition) is 2. The molecule has 0 saturated heterocycles. The Kier molecular flexibility index (Phi) is 2.29. The third-order valence-corrected chi connectivity index (χ3v) is 3.44. The smallest absolute Gasteiger partial charge is 0.316 e. The van der Waals surface area contributed by atoms with Crippen molar-refractivity contribution in [2.24, 2.45) is 5.73 Å². The van der Waals surface area contributed by atoms with E-state index in [2.05, 4.69) is 15.0 Å². The molecule has 0 aromatic carbocycles. The Morgan fingerprint density at radius 2 is 2.35 bits per heavy atom. The van der Waals surface area contributed by atoms with Gasteiger partial charge in [-0.05, 0) is 31.2 Å². The second-order valence-electron chi connectivity index (χ2n) is 4.80. The van der Waals surface area contributed by atoms with E-state index in [1.807, 2.05) is 6.20 Å². The lowest BCUT2D eigenvalue weighted by Gasteiger charge is -2.06. The highest BCUT2D eigenvalue weighted by Gasteiger charge is 2.37. The van der Waals surface area contributed by atoms with Crippen LogP contribution in [0.15, 0.2) is 12.4 Å². The molecule has 2 aromatic heterocycles. The number of rotatable bonds is 4. The van der Waals surface area contributed by atoms with E-state index >= 15 is 0 Å². The molecule has 5 heteroatoms. The normalized spacial score (nSPS) is 17.3. The summed E-state index contributed by atoms with van der Waals surface area (Å²) < 4.78 is 5.04. The maximum Gasteiger partial charge on any atom is 0.316 e. The van der Waals surface area contributed by atoms with Crippen molar-refractivity contribution in [3.05, 3.63) is 18.0 Å². The zero-order valence-electron chi connectivity index (χ0n) is 9.86. The average molecular weight is 232 g/mol. The largest absolute Gasteiger partial charge is 0.467 e. The van der Waals surface area contributed by atoms with Crippen LogP contribution in [-0.2, 0) is 6.42 Å². The molecule has 17 heavy (non-hydrogen) atoms. The van der Waals surface area contributed by atoms with Gasteiger partial charge >= 0.3 is 6.01 Å². The number of aromatic nitrogens is 3. The molecule has 0 unspecified atom stereocenters. The van der Waals surface area contributed by atoms with Crippen molar-refractivity contribution in [3.63, 3.8) is 0 Å². The van der Waals surface area contributed by atoms with Gasteiger partial charge < -0.3 is 15.5 Å². The summed E-state index contributed by atoms with van der Waals surface area (Å²) in [5.41, 5.74) is 9.26. The first-order valence-corrected chi connectivity index (χ1v) is 5.86. The molecule has 2 aromatic rings. The molecule has 1 aliphatic rings. The maximum atomic E-state index is 6.10. The summed E-state index contributed by atoms with van der Waals surface area (Å²) in [5, 5.41) is 0. The summed E-state index contributed by atoms with van der Waals surface area (Å²) >= 11 is 0. The summed E-state index contributed by atoms with van der Waals surface area (Å²) in [6, 6.07) is 0.409. The third-order valence-electron chi connectivity index (χ3n) is 3.44. The molecule has 1 fully saturated rings. The molecular formula is C12H16N4O. The molecule has 0 atom stereocenters. The van der Waals surface area contributed by atoms with Crippen molar-refractivity contribution in [3.8, 4) is 6.01 Å². The first-order chi connectivity index (χ1) is 8.20. The molecule has 0 spiro atoms. The van der Waals surface area contributed by atoms with Crippen LogP contribution in [-0.4, -0.2) is 27.6 Å². The average Bonchev–Trinajstić information content (AvgIpc) is 2.95. The van der Waals surface area contributed by atoms with E-state index in [1.54, 1.807) is 13.3 Å². The highest BCUT2D eigenvalue weighted by molar-refractivity contribution is 5.78. The fourth-order valence-electron chi connectivity index (χ4n) is 2.03. The number of methoxy groups -OCH3 is 1. The van der Waals surface area contributed by atoms with E-state index in [0.717, 1.165) is 36.7 Å². The van der Waals surface area contributed by atoms with Crippen LogP contribution < -0.4 is 10.5 Å². The predicted octanol–water partition coefficient (Wildman–Crippen LogP) is 1.39. The predicted molar refractivity (Wildman–Crippen MR) is 64.9 cm³/mol. The molecule has 1 aliphatic carbocycles. The lowest BCUT2D eigenvalue weighted by atomic mass is 10.1. The summed E-state index contributed by atoms with van der Waals surface area (Å²) in [6.07, 6.45) is 8.01. The Morgan fingerprint density at radius 1 is 1.53 bits per heavy atom. The number of H-pyrrole nitrogens is 1. The van der Waals surface area contributed by atoms with Crippen molar-refractivity contribution < 1.29 is 4.74 Å². The van der Waals surface area contributed by atoms with Gasteiger partial charge in [-0.1, -0.05) is 0 Å². The van der Waals surface area contributed by atoms with Crippen molar-refractivity contribution in [1.82, 2.24) is 15.0 Å². The minimum Gasteiger partial charge on any atom is -0.467 e. The molecule has 3 rings (SSSR count). The highest BCUT2D eigenvalue weighted by atomic mass is 16.5. The Balaban J connectivity index is 1.87. The number of nitrogens with zero attached hydrogens (tertiary/aromatic N) is 2. The zero-order chi connectivity index (χ0) is 11.9. The van der Waals surface area contributed by atoms with Crippen LogP contribution in [0.2, 0.25) is 0 Å². The van der Waals surface area contributed by atoms with E-state index in [4.69, 9.17) is 10.5 Å². The summed E-state index contributed by atoms with van der Waals surface area (Å²) in [5.74, 6) is 0. The Hall–Kier alpha value is -1.62. The third kappa shape index (κ3) is 1.98. The summed E-state index contributed by atoms with van der Waals surface area (Å²) in [4.78, 5) is 11.6. The Morgan fingerprint density at radius 3 is 3.06 bits per heavy atom. The molecule has 0 aliphatic heterocycles. The number of ether oxygens (including phenoxy) is 1. The molecule has 90 valence electrons. The lowest BCUT2D eigenvalue weighted by molar-refractivity contribution is 0.381. The summed E-state index contributed by atoms with van der Waals surface area (Å²) in [6.45, 7) is 0. The second kappa shape index (κ2) is 3.70. The van der Waals surface area contributed by atoms with Crippen molar-refractivity contribution in [2.75, 3.05) is 7.11 Å². The van der Waals surface area contributed by atoms with Crippen LogP contribution in [0.25, 0.3) is 11.0 Å². The van der Waals surface area contributed by atoms with Gasteiger partial charge in [0.1, 0.15) is 0 Å². The van der Waals surface area contributed by atoms with Crippen LogP contribution in [0.5, 0.6) is 6.01 Å². The fourth-order valence-corrected chi connectivity index (χ4v) is 2.03. The van der Waals surface area contributed by atoms with Gasteiger partial charge in [0.25, 0.3) is 0 Å². The number of nitrogens with one attached hydrogen (secondary N) is 1. The van der Waals surface area contributed by atoms with E-state index in [-0.39, 0.29) is 5.54 Å². The van der Waals surface area contributed by atoms with Gasteiger partial charge in [-0.15, -0.1) is 0 Å². The van der Waals surface area contributed by atoms with E-state index in [0.29, 0.717) is 6.01 Å². The zero-order valence-corrected chi connectivity index (χ0v) is 9.86. The van der Waals surface area contributed by atoms with Crippen LogP contribution in [0, 0.1) is 0 Å². The van der Waals surface area contributed by atoms with E-state index in [1.165, 1.54) is 5.56 Å². The standard InChI is InChI=1S/C12H16N4O/c1-17-11-15-7-9-10(16-11)8(6-14-9)2-3-12(13)4-5-12/h6-7,14H,2-5,13H2,1H3. The van der Waals surface area contributed by atoms with E-state index in [9.17, 15) is 0 Å². The number of hydrogen-bond acceptors (Lipinski definition) is 4. The highest BCUT2D eigenvalue weighted by Crippen LogP contribution is 2.37. The molecule has 0 amide bonds. The molecule has 0 bridgehead atoms. The topological polar surface area (TPSA) is 76.8 Å². The fraction of sp³-hybridized carbons (Fsp3) is 0.500. The number of aryl methyl sites for hydroxylation is 1. The number of fused-ring (bicyclic) bond motifs is 1. The van der Waals surface area contributed by atoms with Gasteiger partial charge in [0.15, 0.2) is 0 Å². The van der Waals surface area contributed by atoms with Crippen molar-refractivity contribution in [1.29, 1.82) is 0 Å². The maximum absolute atomic E-state index is 6.10. The van der Waals surface area contributed by atoms with Gasteiger partial charge in [-0.3, -0.25) is 0 Å². The Bertz CT molecular complexity index is 544. The van der Waals surface area contributed by atoms with Crippen LogP contribution in [0.4, 0.5) is 0 Å². The Labute approximate surface area is 99.4 Å². The number of nitrogens with two attached hydrogens (primary N) is 1. The van der Waals surface area contributed by atoms with Gasteiger partial charge in [-0.2, -0.15) is 4.98 Å². The van der Waals surface area contributed by atoms with Gasteiger partial charge in [-0.25, -0.2) is 4.98 Å². The molecule has 5 nitrogen and oxygen atoms in total. The minimum atomic E-state index is 0.0840. The van der Waals surface area contributed by atoms with Crippen molar-refractivity contribution in [2.45, 2.75) is 31.2 Å². The van der Waals surface area contributed by atoms with E-state index < -0.39 is 0 Å². The first kappa shape index (κ1) is 10.5.